The van der Waals surface area contributed by atoms with Crippen molar-refractivity contribution in [2.45, 2.75) is 51.4 Å². The third-order valence-electron chi connectivity index (χ3n) is 6.05. The number of hydrogen-bond acceptors (Lipinski definition) is 3. The van der Waals surface area contributed by atoms with Gasteiger partial charge in [0.2, 0.25) is 0 Å². The highest BCUT2D eigenvalue weighted by Crippen LogP contribution is 2.28. The Morgan fingerprint density at radius 2 is 2.19 bits per heavy atom. The molecule has 2 aliphatic rings. The van der Waals surface area contributed by atoms with Crippen molar-refractivity contribution in [1.29, 1.82) is 0 Å². The molecule has 5 heteroatoms. The summed E-state index contributed by atoms with van der Waals surface area (Å²) in [5.74, 6) is 0.726. The fourth-order valence-corrected chi connectivity index (χ4v) is 4.57. The molecule has 2 saturated heterocycles. The molecule has 1 unspecified atom stereocenters. The van der Waals surface area contributed by atoms with Crippen molar-refractivity contribution >= 4 is 10.9 Å². The minimum absolute atomic E-state index is 0.0970. The molecule has 3 atom stereocenters. The van der Waals surface area contributed by atoms with E-state index < -0.39 is 0 Å². The van der Waals surface area contributed by atoms with Crippen molar-refractivity contribution < 1.29 is 4.74 Å². The van der Waals surface area contributed by atoms with Gasteiger partial charge in [-0.25, -0.2) is 4.68 Å². The Balaban J connectivity index is 1.36. The molecule has 3 aromatic rings. The first-order valence-electron chi connectivity index (χ1n) is 10.2. The van der Waals surface area contributed by atoms with Gasteiger partial charge < -0.3 is 14.6 Å². The van der Waals surface area contributed by atoms with E-state index in [-0.39, 0.29) is 6.23 Å². The molecule has 2 aliphatic heterocycles. The Morgan fingerprint density at radius 3 is 3.00 bits per heavy atom. The minimum Gasteiger partial charge on any atom is -0.357 e. The van der Waals surface area contributed by atoms with E-state index in [0.717, 1.165) is 44.0 Å². The molecule has 0 spiro atoms. The zero-order chi connectivity index (χ0) is 18.2. The summed E-state index contributed by atoms with van der Waals surface area (Å²) in [5, 5.41) is 9.41. The molecule has 2 fully saturated rings. The zero-order valence-electron chi connectivity index (χ0n) is 16.0. The van der Waals surface area contributed by atoms with Crippen LogP contribution in [0.25, 0.3) is 22.0 Å². The summed E-state index contributed by atoms with van der Waals surface area (Å²) in [4.78, 5) is 0. The van der Waals surface area contributed by atoms with Gasteiger partial charge in [0.25, 0.3) is 0 Å². The Labute approximate surface area is 160 Å². The van der Waals surface area contributed by atoms with Gasteiger partial charge in [-0.2, -0.15) is 5.10 Å². The molecule has 5 nitrogen and oxygen atoms in total. The van der Waals surface area contributed by atoms with Gasteiger partial charge in [-0.1, -0.05) is 6.07 Å². The van der Waals surface area contributed by atoms with Crippen molar-refractivity contribution in [3.8, 4) is 11.1 Å². The summed E-state index contributed by atoms with van der Waals surface area (Å²) in [6.45, 7) is 5.34. The van der Waals surface area contributed by atoms with E-state index in [2.05, 4.69) is 58.6 Å². The second kappa shape index (κ2) is 7.13. The van der Waals surface area contributed by atoms with Crippen molar-refractivity contribution in [3.63, 3.8) is 0 Å². The Hall–Kier alpha value is -2.11. The third-order valence-corrected chi connectivity index (χ3v) is 6.05. The van der Waals surface area contributed by atoms with Crippen LogP contribution in [0.1, 0.15) is 38.8 Å². The lowest BCUT2D eigenvalue weighted by atomic mass is 10.1. The molecule has 0 aliphatic carbocycles. The molecular weight excluding hydrogens is 336 g/mol. The van der Waals surface area contributed by atoms with E-state index in [0.29, 0.717) is 6.04 Å². The number of ether oxygens (including phenoxy) is 1. The second-order valence-electron chi connectivity index (χ2n) is 8.18. The third kappa shape index (κ3) is 3.42. The molecule has 0 bridgehead atoms. The van der Waals surface area contributed by atoms with Crippen LogP contribution in [0, 0.1) is 5.92 Å². The molecule has 2 aromatic heterocycles. The molecular formula is C22H28N4O. The van der Waals surface area contributed by atoms with E-state index in [1.54, 1.807) is 0 Å². The van der Waals surface area contributed by atoms with Crippen LogP contribution in [-0.4, -0.2) is 33.5 Å². The number of benzene rings is 1. The van der Waals surface area contributed by atoms with Gasteiger partial charge in [-0.3, -0.25) is 0 Å². The van der Waals surface area contributed by atoms with Crippen molar-refractivity contribution in [3.05, 3.63) is 42.9 Å². The van der Waals surface area contributed by atoms with Crippen LogP contribution >= 0.6 is 0 Å². The SMILES string of the molecule is C[C@@H]1C[C@H](Cn2ccc3cc(-c4cnn(C5CCCCO5)c4)ccc32)CN1. The van der Waals surface area contributed by atoms with Gasteiger partial charge in [0.05, 0.1) is 6.20 Å². The van der Waals surface area contributed by atoms with E-state index in [1.807, 2.05) is 10.9 Å². The fraction of sp³-hybridized carbons (Fsp3) is 0.500. The van der Waals surface area contributed by atoms with Crippen molar-refractivity contribution in [1.82, 2.24) is 19.7 Å². The maximum Gasteiger partial charge on any atom is 0.150 e. The van der Waals surface area contributed by atoms with E-state index >= 15 is 0 Å². The van der Waals surface area contributed by atoms with E-state index in [4.69, 9.17) is 4.74 Å². The summed E-state index contributed by atoms with van der Waals surface area (Å²) in [7, 11) is 0. The van der Waals surface area contributed by atoms with Gasteiger partial charge in [0.1, 0.15) is 6.23 Å². The van der Waals surface area contributed by atoms with E-state index in [9.17, 15) is 0 Å². The maximum absolute atomic E-state index is 5.85. The molecule has 4 heterocycles. The largest absolute Gasteiger partial charge is 0.357 e. The molecule has 27 heavy (non-hydrogen) atoms. The minimum atomic E-state index is 0.0970. The lowest BCUT2D eigenvalue weighted by molar-refractivity contribution is -0.0394. The number of rotatable bonds is 4. The lowest BCUT2D eigenvalue weighted by Crippen LogP contribution is -2.18. The maximum atomic E-state index is 5.85. The van der Waals surface area contributed by atoms with Gasteiger partial charge in [-0.15, -0.1) is 0 Å². The summed E-state index contributed by atoms with van der Waals surface area (Å²) < 4.78 is 10.2. The first-order valence-corrected chi connectivity index (χ1v) is 10.2. The fourth-order valence-electron chi connectivity index (χ4n) is 4.57. The van der Waals surface area contributed by atoms with Crippen LogP contribution in [0.3, 0.4) is 0 Å². The predicted molar refractivity (Wildman–Crippen MR) is 108 cm³/mol. The summed E-state index contributed by atoms with van der Waals surface area (Å²) in [5.41, 5.74) is 3.70. The van der Waals surface area contributed by atoms with Crippen LogP contribution in [0.15, 0.2) is 42.9 Å². The normalized spacial score (nSPS) is 26.0. The number of aromatic nitrogens is 3. The highest BCUT2D eigenvalue weighted by molar-refractivity contribution is 5.85. The average Bonchev–Trinajstić information content (AvgIpc) is 3.43. The van der Waals surface area contributed by atoms with Crippen molar-refractivity contribution in [2.75, 3.05) is 13.2 Å². The quantitative estimate of drug-likeness (QED) is 0.754. The lowest BCUT2D eigenvalue weighted by Gasteiger charge is -2.22. The number of hydrogen-bond donors (Lipinski definition) is 1. The van der Waals surface area contributed by atoms with Gasteiger partial charge in [-0.05, 0) is 68.8 Å². The van der Waals surface area contributed by atoms with E-state index in [1.165, 1.54) is 29.3 Å². The monoisotopic (exact) mass is 364 g/mol. The van der Waals surface area contributed by atoms with Crippen LogP contribution < -0.4 is 5.32 Å². The Kier molecular flexibility index (Phi) is 4.50. The molecule has 0 amide bonds. The predicted octanol–water partition coefficient (Wildman–Crippen LogP) is 4.20. The molecule has 5 rings (SSSR count). The first-order chi connectivity index (χ1) is 13.3. The zero-order valence-corrected chi connectivity index (χ0v) is 16.0. The highest BCUT2D eigenvalue weighted by atomic mass is 16.5. The van der Waals surface area contributed by atoms with Crippen molar-refractivity contribution in [2.24, 2.45) is 5.92 Å². The second-order valence-corrected chi connectivity index (χ2v) is 8.18. The van der Waals surface area contributed by atoms with Gasteiger partial charge >= 0.3 is 0 Å². The smallest absolute Gasteiger partial charge is 0.150 e. The Bertz CT molecular complexity index is 921. The summed E-state index contributed by atoms with van der Waals surface area (Å²) in [6, 6.07) is 9.64. The van der Waals surface area contributed by atoms with Crippen LogP contribution in [-0.2, 0) is 11.3 Å². The van der Waals surface area contributed by atoms with Crippen LogP contribution in [0.5, 0.6) is 0 Å². The number of nitrogens with zero attached hydrogens (tertiary/aromatic N) is 3. The Morgan fingerprint density at radius 1 is 1.22 bits per heavy atom. The van der Waals surface area contributed by atoms with Gasteiger partial charge in [0.15, 0.2) is 0 Å². The molecule has 1 N–H and O–H groups in total. The highest BCUT2D eigenvalue weighted by Gasteiger charge is 2.21. The topological polar surface area (TPSA) is 44.0 Å². The molecule has 1 aromatic carbocycles. The number of fused-ring (bicyclic) bond motifs is 1. The average molecular weight is 364 g/mol. The molecule has 0 saturated carbocycles. The summed E-state index contributed by atoms with van der Waals surface area (Å²) >= 11 is 0. The van der Waals surface area contributed by atoms with Gasteiger partial charge in [0, 0.05) is 48.1 Å². The molecule has 142 valence electrons. The molecule has 0 radical (unpaired) electrons. The first kappa shape index (κ1) is 17.0. The summed E-state index contributed by atoms with van der Waals surface area (Å²) in [6.07, 6.45) is 11.1. The number of nitrogens with one attached hydrogen (secondary N) is 1. The van der Waals surface area contributed by atoms with Crippen LogP contribution in [0.2, 0.25) is 0 Å². The van der Waals surface area contributed by atoms with Crippen LogP contribution in [0.4, 0.5) is 0 Å². The standard InChI is InChI=1S/C22H28N4O/c1-16-10-17(12-23-16)14-25-8-7-19-11-18(5-6-21(19)25)20-13-24-26(15-20)22-4-2-3-9-27-22/h5-8,11,13,15-17,22-23H,2-4,9-10,12,14H2,1H3/t16-,17+,22?/m1/s1.